The normalized spacial score (nSPS) is 34.6. The zero-order chi connectivity index (χ0) is 20.4. The van der Waals surface area contributed by atoms with Crippen molar-refractivity contribution >= 4 is 15.8 Å². The van der Waals surface area contributed by atoms with Crippen molar-refractivity contribution in [2.75, 3.05) is 6.61 Å². The number of amides is 1. The van der Waals surface area contributed by atoms with Crippen LogP contribution in [0.3, 0.4) is 0 Å². The van der Waals surface area contributed by atoms with Gasteiger partial charge in [-0.15, -0.1) is 0 Å². The summed E-state index contributed by atoms with van der Waals surface area (Å²) in [6.07, 6.45) is 9.12. The van der Waals surface area contributed by atoms with Crippen LogP contribution in [0.2, 0.25) is 0 Å². The Kier molecular flexibility index (Phi) is 4.46. The highest BCUT2D eigenvalue weighted by atomic mass is 32.2. The van der Waals surface area contributed by atoms with Gasteiger partial charge in [0.15, 0.2) is 0 Å². The number of carbonyl (C=O) groups excluding carboxylic acids is 1. The standard InChI is InChI=1S/C22H29FN2O3S/c1-13-4-18(21(26)25-29(24,27)17-2-3-17)19(23)8-20(13)28-12-22-9-14-5-15(10-22)7-16(6-14)11-22/h4,8,14-17H,2-3,5-7,9-12H2,1H3,(H2,24,25,26,27). The van der Waals surface area contributed by atoms with Crippen LogP contribution in [0.15, 0.2) is 12.1 Å². The number of nitrogens with one attached hydrogen (secondary N) is 2. The second-order valence-electron chi connectivity index (χ2n) is 10.0. The number of ether oxygens (including phenoxy) is 1. The van der Waals surface area contributed by atoms with Gasteiger partial charge in [0.05, 0.1) is 17.4 Å². The number of benzene rings is 1. The predicted octanol–water partition coefficient (Wildman–Crippen LogP) is 4.58. The van der Waals surface area contributed by atoms with Crippen LogP contribution in [-0.4, -0.2) is 22.0 Å². The van der Waals surface area contributed by atoms with Crippen LogP contribution in [0.1, 0.15) is 67.3 Å². The van der Waals surface area contributed by atoms with Crippen molar-refractivity contribution in [1.82, 2.24) is 4.72 Å². The Morgan fingerprint density at radius 3 is 2.34 bits per heavy atom. The van der Waals surface area contributed by atoms with E-state index >= 15 is 0 Å². The molecule has 0 saturated heterocycles. The highest BCUT2D eigenvalue weighted by Crippen LogP contribution is 2.60. The minimum atomic E-state index is -3.21. The lowest BCUT2D eigenvalue weighted by atomic mass is 9.50. The monoisotopic (exact) mass is 420 g/mol. The Balaban J connectivity index is 1.29. The molecule has 6 rings (SSSR count). The van der Waals surface area contributed by atoms with E-state index in [0.717, 1.165) is 17.8 Å². The van der Waals surface area contributed by atoms with Gasteiger partial charge in [0.1, 0.15) is 21.5 Å². The van der Waals surface area contributed by atoms with Crippen LogP contribution in [0.5, 0.6) is 5.75 Å². The van der Waals surface area contributed by atoms with Gasteiger partial charge in [0, 0.05) is 11.5 Å². The molecule has 5 saturated carbocycles. The molecule has 5 fully saturated rings. The summed E-state index contributed by atoms with van der Waals surface area (Å²) in [5, 5.41) is -0.307. The van der Waals surface area contributed by atoms with Gasteiger partial charge in [0.25, 0.3) is 5.91 Å². The molecule has 5 aliphatic carbocycles. The quantitative estimate of drug-likeness (QED) is 0.707. The molecule has 158 valence electrons. The third-order valence-electron chi connectivity index (χ3n) is 7.45. The van der Waals surface area contributed by atoms with Crippen LogP contribution in [0.4, 0.5) is 4.39 Å². The van der Waals surface area contributed by atoms with Gasteiger partial charge >= 0.3 is 0 Å². The van der Waals surface area contributed by atoms with Gasteiger partial charge in [-0.1, -0.05) is 0 Å². The summed E-state index contributed by atoms with van der Waals surface area (Å²) in [6.45, 7) is 2.41. The first kappa shape index (κ1) is 19.3. The average Bonchev–Trinajstić information content (AvgIpc) is 3.46. The fourth-order valence-electron chi connectivity index (χ4n) is 6.37. The number of carbonyl (C=O) groups is 1. The Hall–Kier alpha value is -1.63. The summed E-state index contributed by atoms with van der Waals surface area (Å²) in [6, 6.07) is 2.72. The molecule has 1 amide bonds. The van der Waals surface area contributed by atoms with Gasteiger partial charge in [0.2, 0.25) is 0 Å². The molecule has 29 heavy (non-hydrogen) atoms. The molecule has 1 aromatic rings. The molecule has 7 heteroatoms. The minimum absolute atomic E-state index is 0.176. The van der Waals surface area contributed by atoms with Gasteiger partial charge in [-0.3, -0.25) is 9.52 Å². The fourth-order valence-corrected chi connectivity index (χ4v) is 7.72. The summed E-state index contributed by atoms with van der Waals surface area (Å²) in [5.41, 5.74) is 0.740. The average molecular weight is 421 g/mol. The zero-order valence-corrected chi connectivity index (χ0v) is 17.7. The molecule has 1 unspecified atom stereocenters. The van der Waals surface area contributed by atoms with E-state index in [-0.39, 0.29) is 16.2 Å². The van der Waals surface area contributed by atoms with Gasteiger partial charge < -0.3 is 4.74 Å². The topological polar surface area (TPSA) is 79.3 Å². The molecule has 0 spiro atoms. The van der Waals surface area contributed by atoms with Crippen LogP contribution in [-0.2, 0) is 9.92 Å². The zero-order valence-electron chi connectivity index (χ0n) is 16.8. The van der Waals surface area contributed by atoms with Crippen molar-refractivity contribution in [1.29, 1.82) is 4.78 Å². The molecular formula is C22H29FN2O3S. The molecule has 1 atom stereocenters. The number of halogens is 1. The molecule has 0 radical (unpaired) electrons. The van der Waals surface area contributed by atoms with E-state index in [4.69, 9.17) is 9.52 Å². The minimum Gasteiger partial charge on any atom is -0.493 e. The number of rotatable bonds is 6. The van der Waals surface area contributed by atoms with E-state index in [9.17, 15) is 13.4 Å². The first-order chi connectivity index (χ1) is 13.7. The largest absolute Gasteiger partial charge is 0.493 e. The second-order valence-corrected chi connectivity index (χ2v) is 12.1. The predicted molar refractivity (Wildman–Crippen MR) is 109 cm³/mol. The summed E-state index contributed by atoms with van der Waals surface area (Å²) < 4.78 is 43.0. The summed E-state index contributed by atoms with van der Waals surface area (Å²) in [7, 11) is -3.21. The highest BCUT2D eigenvalue weighted by Gasteiger charge is 2.51. The van der Waals surface area contributed by atoms with Gasteiger partial charge in [-0.25, -0.2) is 13.4 Å². The number of hydrogen-bond donors (Lipinski definition) is 2. The van der Waals surface area contributed by atoms with E-state index in [2.05, 4.69) is 4.72 Å². The Morgan fingerprint density at radius 1 is 1.21 bits per heavy atom. The maximum Gasteiger partial charge on any atom is 0.266 e. The van der Waals surface area contributed by atoms with E-state index in [0.29, 0.717) is 30.8 Å². The second kappa shape index (κ2) is 6.69. The lowest BCUT2D eigenvalue weighted by Crippen LogP contribution is -2.48. The molecule has 5 aliphatic rings. The van der Waals surface area contributed by atoms with Gasteiger partial charge in [-0.2, -0.15) is 0 Å². The molecule has 4 bridgehead atoms. The third-order valence-corrected chi connectivity index (χ3v) is 9.35. The summed E-state index contributed by atoms with van der Waals surface area (Å²) >= 11 is 0. The van der Waals surface area contributed by atoms with E-state index in [1.54, 1.807) is 6.92 Å². The molecule has 1 aromatic carbocycles. The summed E-state index contributed by atoms with van der Waals surface area (Å²) in [4.78, 5) is 12.4. The first-order valence-electron chi connectivity index (χ1n) is 10.8. The Morgan fingerprint density at radius 2 is 1.79 bits per heavy atom. The third kappa shape index (κ3) is 3.66. The van der Waals surface area contributed by atoms with Crippen molar-refractivity contribution in [2.24, 2.45) is 23.2 Å². The molecule has 5 nitrogen and oxygen atoms in total. The Labute approximate surface area is 171 Å². The van der Waals surface area contributed by atoms with Crippen LogP contribution in [0.25, 0.3) is 0 Å². The van der Waals surface area contributed by atoms with Crippen molar-refractivity contribution in [3.8, 4) is 5.75 Å². The van der Waals surface area contributed by atoms with Crippen molar-refractivity contribution in [2.45, 2.75) is 63.5 Å². The fraction of sp³-hybridized carbons (Fsp3) is 0.682. The van der Waals surface area contributed by atoms with E-state index in [1.807, 2.05) is 0 Å². The lowest BCUT2D eigenvalue weighted by Gasteiger charge is -2.56. The van der Waals surface area contributed by atoms with Crippen molar-refractivity contribution in [3.05, 3.63) is 29.1 Å². The molecular weight excluding hydrogens is 391 g/mol. The molecule has 0 heterocycles. The molecule has 0 aromatic heterocycles. The van der Waals surface area contributed by atoms with E-state index < -0.39 is 21.6 Å². The number of aryl methyl sites for hydroxylation is 1. The van der Waals surface area contributed by atoms with Crippen LogP contribution in [0, 0.1) is 40.7 Å². The number of hydrogen-bond acceptors (Lipinski definition) is 4. The van der Waals surface area contributed by atoms with Crippen LogP contribution < -0.4 is 9.46 Å². The first-order valence-corrected chi connectivity index (χ1v) is 12.4. The molecule has 2 N–H and O–H groups in total. The lowest BCUT2D eigenvalue weighted by molar-refractivity contribution is -0.0746. The Bertz CT molecular complexity index is 920. The van der Waals surface area contributed by atoms with E-state index in [1.165, 1.54) is 50.7 Å². The highest BCUT2D eigenvalue weighted by molar-refractivity contribution is 7.92. The maximum absolute atomic E-state index is 14.7. The smallest absolute Gasteiger partial charge is 0.266 e. The van der Waals surface area contributed by atoms with Crippen molar-refractivity contribution < 1.29 is 18.1 Å². The van der Waals surface area contributed by atoms with Crippen LogP contribution >= 0.6 is 0 Å². The van der Waals surface area contributed by atoms with Gasteiger partial charge in [-0.05, 0) is 87.7 Å². The maximum atomic E-state index is 14.7. The summed E-state index contributed by atoms with van der Waals surface area (Å²) in [5.74, 6) is 1.49. The SMILES string of the molecule is Cc1cc(C(=O)NS(=N)(=O)C2CC2)c(F)cc1OCC12CC3CC(CC(C3)C1)C2. The van der Waals surface area contributed by atoms with Crippen molar-refractivity contribution in [3.63, 3.8) is 0 Å². The molecule has 0 aliphatic heterocycles.